The highest BCUT2D eigenvalue weighted by Crippen LogP contribution is 2.41. The highest BCUT2D eigenvalue weighted by atomic mass is 35.5. The summed E-state index contributed by atoms with van der Waals surface area (Å²) >= 11 is 5.95. The smallest absolute Gasteiger partial charge is 0.0406 e. The second kappa shape index (κ2) is 5.88. The lowest BCUT2D eigenvalue weighted by atomic mass is 10.00. The zero-order valence-electron chi connectivity index (χ0n) is 10.7. The molecule has 1 aromatic rings. The molecule has 94 valence electrons. The van der Waals surface area contributed by atoms with Crippen molar-refractivity contribution in [3.63, 3.8) is 0 Å². The van der Waals surface area contributed by atoms with Gasteiger partial charge in [0.25, 0.3) is 0 Å². The molecule has 2 rings (SSSR count). The molecule has 0 saturated heterocycles. The normalized spacial score (nSPS) is 17.4. The quantitative estimate of drug-likeness (QED) is 0.781. The third kappa shape index (κ3) is 3.46. The van der Waals surface area contributed by atoms with Gasteiger partial charge in [-0.05, 0) is 49.3 Å². The van der Waals surface area contributed by atoms with Crippen LogP contribution in [-0.4, -0.2) is 6.04 Å². The molecule has 1 N–H and O–H groups in total. The van der Waals surface area contributed by atoms with Crippen LogP contribution in [0.5, 0.6) is 0 Å². The monoisotopic (exact) mass is 251 g/mol. The second-order valence-corrected chi connectivity index (χ2v) is 5.48. The molecule has 0 aliphatic heterocycles. The molecule has 0 amide bonds. The minimum atomic E-state index is 0.525. The van der Waals surface area contributed by atoms with Crippen LogP contribution in [0.25, 0.3) is 0 Å². The van der Waals surface area contributed by atoms with E-state index < -0.39 is 0 Å². The van der Waals surface area contributed by atoms with Crippen molar-refractivity contribution in [2.24, 2.45) is 5.92 Å². The summed E-state index contributed by atoms with van der Waals surface area (Å²) in [6, 6.07) is 9.50. The molecular weight excluding hydrogens is 230 g/mol. The second-order valence-electron chi connectivity index (χ2n) is 5.05. The van der Waals surface area contributed by atoms with Gasteiger partial charge in [0.1, 0.15) is 0 Å². The predicted octanol–water partition coefficient (Wildman–Crippen LogP) is 4.57. The van der Waals surface area contributed by atoms with E-state index in [4.69, 9.17) is 11.6 Å². The summed E-state index contributed by atoms with van der Waals surface area (Å²) in [5.41, 5.74) is 1.39. The lowest BCUT2D eigenvalue weighted by Crippen LogP contribution is -2.33. The molecular formula is C15H22ClN. The highest BCUT2D eigenvalue weighted by Gasteiger charge is 2.32. The largest absolute Gasteiger partial charge is 0.307 e. The fraction of sp³-hybridized carbons (Fsp3) is 0.600. The molecule has 1 unspecified atom stereocenters. The van der Waals surface area contributed by atoms with Crippen LogP contribution in [-0.2, 0) is 0 Å². The predicted molar refractivity (Wildman–Crippen MR) is 74.4 cm³/mol. The van der Waals surface area contributed by atoms with E-state index >= 15 is 0 Å². The number of nitrogens with one attached hydrogen (secondary N) is 1. The van der Waals surface area contributed by atoms with Crippen molar-refractivity contribution < 1.29 is 0 Å². The molecule has 0 aromatic heterocycles. The van der Waals surface area contributed by atoms with Gasteiger partial charge in [-0.15, -0.1) is 0 Å². The number of hydrogen-bond acceptors (Lipinski definition) is 1. The Balaban J connectivity index is 2.08. The molecule has 1 aliphatic rings. The average Bonchev–Trinajstić information content (AvgIpc) is 3.17. The summed E-state index contributed by atoms with van der Waals surface area (Å²) in [5.74, 6) is 0.830. The van der Waals surface area contributed by atoms with E-state index in [1.165, 1.54) is 31.2 Å². The first-order valence-corrected chi connectivity index (χ1v) is 7.13. The molecule has 17 heavy (non-hydrogen) atoms. The van der Waals surface area contributed by atoms with Crippen molar-refractivity contribution in [1.82, 2.24) is 5.32 Å². The Kier molecular flexibility index (Phi) is 4.47. The van der Waals surface area contributed by atoms with Crippen LogP contribution < -0.4 is 5.32 Å². The molecule has 0 heterocycles. The third-order valence-corrected chi connectivity index (χ3v) is 3.98. The maximum Gasteiger partial charge on any atom is 0.0406 e. The van der Waals surface area contributed by atoms with Gasteiger partial charge in [-0.3, -0.25) is 0 Å². The minimum absolute atomic E-state index is 0.525. The number of halogens is 1. The van der Waals surface area contributed by atoms with Crippen molar-refractivity contribution in [3.8, 4) is 0 Å². The van der Waals surface area contributed by atoms with Gasteiger partial charge in [-0.2, -0.15) is 0 Å². The van der Waals surface area contributed by atoms with Gasteiger partial charge >= 0.3 is 0 Å². The molecule has 1 atom stereocenters. The molecule has 1 nitrogen and oxygen atoms in total. The average molecular weight is 252 g/mol. The first kappa shape index (κ1) is 12.9. The van der Waals surface area contributed by atoms with Gasteiger partial charge in [0.05, 0.1) is 0 Å². The van der Waals surface area contributed by atoms with Crippen LogP contribution in [0.2, 0.25) is 5.02 Å². The highest BCUT2D eigenvalue weighted by molar-refractivity contribution is 6.30. The summed E-state index contributed by atoms with van der Waals surface area (Å²) in [4.78, 5) is 0. The van der Waals surface area contributed by atoms with E-state index in [1.54, 1.807) is 0 Å². The van der Waals surface area contributed by atoms with E-state index in [2.05, 4.69) is 31.3 Å². The lowest BCUT2D eigenvalue weighted by molar-refractivity contribution is 0.386. The van der Waals surface area contributed by atoms with Crippen LogP contribution in [0.3, 0.4) is 0 Å². The SMILES string of the molecule is CCC(CC)NC(c1ccc(Cl)cc1)C1CC1. The Morgan fingerprint density at radius 1 is 1.18 bits per heavy atom. The number of benzene rings is 1. The minimum Gasteiger partial charge on any atom is -0.307 e. The van der Waals surface area contributed by atoms with Crippen LogP contribution in [0.4, 0.5) is 0 Å². The van der Waals surface area contributed by atoms with Gasteiger partial charge in [-0.25, -0.2) is 0 Å². The van der Waals surface area contributed by atoms with Gasteiger partial charge in [0, 0.05) is 17.1 Å². The van der Waals surface area contributed by atoms with Crippen molar-refractivity contribution >= 4 is 11.6 Å². The fourth-order valence-electron chi connectivity index (χ4n) is 2.38. The molecule has 1 saturated carbocycles. The molecule has 0 radical (unpaired) electrons. The molecule has 0 bridgehead atoms. The van der Waals surface area contributed by atoms with Crippen LogP contribution >= 0.6 is 11.6 Å². The first-order chi connectivity index (χ1) is 8.24. The summed E-state index contributed by atoms with van der Waals surface area (Å²) in [5, 5.41) is 4.63. The number of hydrogen-bond donors (Lipinski definition) is 1. The van der Waals surface area contributed by atoms with Gasteiger partial charge in [-0.1, -0.05) is 37.6 Å². The Labute approximate surface area is 110 Å². The maximum absolute atomic E-state index is 5.95. The van der Waals surface area contributed by atoms with Crippen LogP contribution in [0.1, 0.15) is 51.1 Å². The Hall–Kier alpha value is -0.530. The zero-order chi connectivity index (χ0) is 12.3. The van der Waals surface area contributed by atoms with Crippen LogP contribution in [0.15, 0.2) is 24.3 Å². The van der Waals surface area contributed by atoms with Crippen molar-refractivity contribution in [2.45, 2.75) is 51.6 Å². The summed E-state index contributed by atoms with van der Waals surface area (Å²) in [6.07, 6.45) is 5.13. The summed E-state index contributed by atoms with van der Waals surface area (Å²) < 4.78 is 0. The topological polar surface area (TPSA) is 12.0 Å². The van der Waals surface area contributed by atoms with Gasteiger partial charge in [0.2, 0.25) is 0 Å². The first-order valence-electron chi connectivity index (χ1n) is 6.76. The molecule has 2 heteroatoms. The molecule has 1 aliphatic carbocycles. The lowest BCUT2D eigenvalue weighted by Gasteiger charge is -2.24. The van der Waals surface area contributed by atoms with E-state index in [1.807, 2.05) is 12.1 Å². The maximum atomic E-state index is 5.95. The molecule has 0 spiro atoms. The van der Waals surface area contributed by atoms with E-state index in [0.29, 0.717) is 12.1 Å². The summed E-state index contributed by atoms with van der Waals surface area (Å²) in [7, 11) is 0. The van der Waals surface area contributed by atoms with E-state index in [-0.39, 0.29) is 0 Å². The third-order valence-electron chi connectivity index (χ3n) is 3.72. The van der Waals surface area contributed by atoms with E-state index in [9.17, 15) is 0 Å². The van der Waals surface area contributed by atoms with Gasteiger partial charge < -0.3 is 5.32 Å². The van der Waals surface area contributed by atoms with Gasteiger partial charge in [0.15, 0.2) is 0 Å². The fourth-order valence-corrected chi connectivity index (χ4v) is 2.51. The Morgan fingerprint density at radius 2 is 1.76 bits per heavy atom. The summed E-state index contributed by atoms with van der Waals surface area (Å²) in [6.45, 7) is 4.51. The van der Waals surface area contributed by atoms with Crippen LogP contribution in [0, 0.1) is 5.92 Å². The van der Waals surface area contributed by atoms with E-state index in [0.717, 1.165) is 10.9 Å². The van der Waals surface area contributed by atoms with Crippen molar-refractivity contribution in [2.75, 3.05) is 0 Å². The Bertz CT molecular complexity index is 338. The standard InChI is InChI=1S/C15H22ClN/c1-3-14(4-2)17-15(11-5-6-11)12-7-9-13(16)10-8-12/h7-11,14-15,17H,3-6H2,1-2H3. The molecule has 1 aromatic carbocycles. The zero-order valence-corrected chi connectivity index (χ0v) is 11.5. The number of rotatable bonds is 6. The van der Waals surface area contributed by atoms with Crippen molar-refractivity contribution in [1.29, 1.82) is 0 Å². The Morgan fingerprint density at radius 3 is 2.24 bits per heavy atom. The molecule has 1 fully saturated rings. The van der Waals surface area contributed by atoms with Crippen molar-refractivity contribution in [3.05, 3.63) is 34.9 Å².